The van der Waals surface area contributed by atoms with Gasteiger partial charge in [0.05, 0.1) is 0 Å². The van der Waals surface area contributed by atoms with Crippen molar-refractivity contribution in [3.05, 3.63) is 0 Å². The molecule has 0 atom stereocenters. The van der Waals surface area contributed by atoms with E-state index in [0.717, 1.165) is 0 Å². The third-order valence-corrected chi connectivity index (χ3v) is 0. The second-order valence-corrected chi connectivity index (χ2v) is 56.2. The molecule has 0 N–H and O–H groups in total. The number of rotatable bonds is 0. The zero-order valence-corrected chi connectivity index (χ0v) is 11.6. The van der Waals surface area contributed by atoms with Gasteiger partial charge in [0, 0.05) is 0 Å². The Morgan fingerprint density at radius 1 is 0.800 bits per heavy atom. The normalized spacial score (nSPS) is 15.2. The molecule has 0 unspecified atom stereocenters. The molecule has 0 rings (SSSR count). The summed E-state index contributed by atoms with van der Waals surface area (Å²) in [4.78, 5) is 0. The van der Waals surface area contributed by atoms with Crippen LogP contribution in [0, 0.1) is 0 Å². The van der Waals surface area contributed by atoms with Gasteiger partial charge in [0.25, 0.3) is 0 Å². The van der Waals surface area contributed by atoms with Crippen molar-refractivity contribution in [2.45, 2.75) is 0 Å². The summed E-state index contributed by atoms with van der Waals surface area (Å²) in [5.41, 5.74) is 0. The van der Waals surface area contributed by atoms with Crippen molar-refractivity contribution < 1.29 is -0.154 Å². The van der Waals surface area contributed by atoms with Gasteiger partial charge in [-0.2, -0.15) is 0 Å². The Hall–Kier alpha value is 3.44. The van der Waals surface area contributed by atoms with Crippen LogP contribution in [0.3, 0.4) is 0 Å². The van der Waals surface area contributed by atoms with Crippen LogP contribution in [0.2, 0.25) is 0 Å². The first-order valence-electron chi connectivity index (χ1n) is 0.535. The molecule has 0 amide bonds. The van der Waals surface area contributed by atoms with Crippen molar-refractivity contribution in [3.8, 4) is 0 Å². The maximum atomic E-state index is 2.46. The van der Waals surface area contributed by atoms with E-state index in [4.69, 9.17) is 0 Å². The molecule has 0 aromatic heterocycles. The van der Waals surface area contributed by atoms with E-state index >= 15 is 0 Å². The number of hydrogen-bond donors (Lipinski definition) is 0. The van der Waals surface area contributed by atoms with Gasteiger partial charge in [-0.3, -0.25) is 0 Å². The Bertz CT molecular complexity index is 19.1. The Balaban J connectivity index is 3.02. The van der Waals surface area contributed by atoms with Crippen LogP contribution in [0.15, 0.2) is 0 Å². The summed E-state index contributed by atoms with van der Waals surface area (Å²) >= 11 is 9.85. The first-order chi connectivity index (χ1) is 2.00. The molecule has 0 aliphatic carbocycles. The van der Waals surface area contributed by atoms with Crippen LogP contribution in [0.5, 0.6) is 0 Å². The van der Waals surface area contributed by atoms with E-state index in [2.05, 4.69) is 81.4 Å². The van der Waals surface area contributed by atoms with Crippen LogP contribution in [0.4, 0.5) is 0 Å². The SMILES string of the molecule is [I][Fe-]([I])([I])[I]. The average Bonchev–Trinajstić information content (AvgIpc) is 0.722. The minimum absolute atomic E-state index is 0.620. The summed E-state index contributed by atoms with van der Waals surface area (Å²) in [6.45, 7) is 0. The molecule has 0 saturated carbocycles. The molecule has 0 heterocycles. The quantitative estimate of drug-likeness (QED) is 0.313. The van der Waals surface area contributed by atoms with Crippen molar-refractivity contribution >= 4 is 81.4 Å². The average molecular weight is 563 g/mol. The zero-order chi connectivity index (χ0) is 4.50. The molecule has 0 aliphatic rings. The van der Waals surface area contributed by atoms with E-state index < -0.39 is -0.154 Å². The Kier molecular flexibility index (Phi) is 5.84. The Labute approximate surface area is 78.8 Å². The van der Waals surface area contributed by atoms with Gasteiger partial charge in [0.2, 0.25) is 0 Å². The van der Waals surface area contributed by atoms with Crippen molar-refractivity contribution in [1.29, 1.82) is 0 Å². The van der Waals surface area contributed by atoms with Crippen LogP contribution in [0.25, 0.3) is 0 Å². The van der Waals surface area contributed by atoms with Crippen molar-refractivity contribution in [2.75, 3.05) is 0 Å². The molecule has 0 bridgehead atoms. The second kappa shape index (κ2) is 3.46. The minimum atomic E-state index is -0.620. The molecule has 0 aromatic rings. The number of halogens is 4. The molecular formula is FeI4-. The van der Waals surface area contributed by atoms with Crippen LogP contribution in [-0.4, -0.2) is 0 Å². The predicted molar refractivity (Wildman–Crippen MR) is 56.1 cm³/mol. The molecular weight excluding hydrogens is 563 g/mol. The molecule has 0 fully saturated rings. The van der Waals surface area contributed by atoms with E-state index in [9.17, 15) is 0 Å². The van der Waals surface area contributed by atoms with E-state index in [1.807, 2.05) is 0 Å². The summed E-state index contributed by atoms with van der Waals surface area (Å²) < 4.78 is -0.620. The van der Waals surface area contributed by atoms with Crippen LogP contribution >= 0.6 is 81.4 Å². The molecule has 0 aliphatic heterocycles. The van der Waals surface area contributed by atoms with Crippen molar-refractivity contribution in [1.82, 2.24) is 0 Å². The second-order valence-electron chi connectivity index (χ2n) is 0.303. The Morgan fingerprint density at radius 3 is 0.800 bits per heavy atom. The molecule has 0 saturated heterocycles. The van der Waals surface area contributed by atoms with Gasteiger partial charge in [-0.25, -0.2) is 0 Å². The standard InChI is InChI=1S/Fe.4HI/h;4*1H/q+3;;;;/p-4. The molecule has 0 nitrogen and oxygen atoms in total. The summed E-state index contributed by atoms with van der Waals surface area (Å²) in [6.07, 6.45) is 0. The molecule has 0 aromatic carbocycles. The molecule has 0 spiro atoms. The molecule has 5 heteroatoms. The van der Waals surface area contributed by atoms with Crippen LogP contribution in [-0.2, 0) is -0.154 Å². The first-order valence-corrected chi connectivity index (χ1v) is 14.8. The van der Waals surface area contributed by atoms with Gasteiger partial charge in [0.1, 0.15) is 0 Å². The van der Waals surface area contributed by atoms with E-state index in [1.165, 1.54) is 0 Å². The fourth-order valence-electron chi connectivity index (χ4n) is 0. The maximum absolute atomic E-state index is 2.46. The van der Waals surface area contributed by atoms with Crippen molar-refractivity contribution in [2.24, 2.45) is 0 Å². The van der Waals surface area contributed by atoms with E-state index in [0.29, 0.717) is 0 Å². The molecule has 5 heavy (non-hydrogen) atoms. The molecule has 0 radical (unpaired) electrons. The van der Waals surface area contributed by atoms with Gasteiger partial charge in [0.15, 0.2) is 0 Å². The predicted octanol–water partition coefficient (Wildman–Crippen LogP) is 3.54. The van der Waals surface area contributed by atoms with Gasteiger partial charge in [-0.15, -0.1) is 0 Å². The van der Waals surface area contributed by atoms with Gasteiger partial charge < -0.3 is 0 Å². The fourth-order valence-corrected chi connectivity index (χ4v) is 0. The van der Waals surface area contributed by atoms with Crippen LogP contribution in [0.1, 0.15) is 0 Å². The zero-order valence-electron chi connectivity index (χ0n) is 1.87. The Morgan fingerprint density at radius 2 is 0.800 bits per heavy atom. The first kappa shape index (κ1) is 8.44. The summed E-state index contributed by atoms with van der Waals surface area (Å²) in [5.74, 6) is 0. The summed E-state index contributed by atoms with van der Waals surface area (Å²) in [5, 5.41) is 0. The third kappa shape index (κ3) is 18.6. The topological polar surface area (TPSA) is 0 Å². The van der Waals surface area contributed by atoms with Crippen LogP contribution < -0.4 is 0 Å². The van der Waals surface area contributed by atoms with E-state index in [-0.39, 0.29) is 0 Å². The fraction of sp³-hybridized carbons (Fsp3) is 0. The van der Waals surface area contributed by atoms with Gasteiger partial charge >= 0.3 is 81.2 Å². The molecule has 37 valence electrons. The summed E-state index contributed by atoms with van der Waals surface area (Å²) in [6, 6.07) is 0. The summed E-state index contributed by atoms with van der Waals surface area (Å²) in [7, 11) is 0. The monoisotopic (exact) mass is 564 g/mol. The van der Waals surface area contributed by atoms with Gasteiger partial charge in [-0.1, -0.05) is 0 Å². The van der Waals surface area contributed by atoms with Crippen molar-refractivity contribution in [3.63, 3.8) is 0 Å². The van der Waals surface area contributed by atoms with E-state index in [1.54, 1.807) is 0 Å². The number of hydrogen-bond acceptors (Lipinski definition) is 0. The third-order valence-electron chi connectivity index (χ3n) is 0. The van der Waals surface area contributed by atoms with Gasteiger partial charge in [-0.05, 0) is 0 Å².